The van der Waals surface area contributed by atoms with Crippen LogP contribution in [0.25, 0.3) is 0 Å². The topological polar surface area (TPSA) is 56.6 Å². The molecule has 1 aromatic rings. The van der Waals surface area contributed by atoms with Crippen molar-refractivity contribution >= 4 is 5.91 Å². The molecule has 0 aliphatic carbocycles. The third-order valence-corrected chi connectivity index (χ3v) is 5.52. The molecule has 1 spiro atoms. The number of ether oxygens (including phenoxy) is 2. The Balaban J connectivity index is 1.58. The molecule has 1 amide bonds. The SMILES string of the molecule is CCn1nccc1C(=O)N1CCC2(CC1)CC(CCOC)CCO2. The van der Waals surface area contributed by atoms with Gasteiger partial charge in [0.2, 0.25) is 0 Å². The lowest BCUT2D eigenvalue weighted by molar-refractivity contribution is -0.125. The first kappa shape index (κ1) is 17.4. The van der Waals surface area contributed by atoms with Crippen molar-refractivity contribution in [1.29, 1.82) is 0 Å². The third-order valence-electron chi connectivity index (χ3n) is 5.52. The molecule has 0 bridgehead atoms. The van der Waals surface area contributed by atoms with E-state index in [-0.39, 0.29) is 11.5 Å². The summed E-state index contributed by atoms with van der Waals surface area (Å²) in [6.07, 6.45) is 6.91. The van der Waals surface area contributed by atoms with Crippen molar-refractivity contribution in [3.05, 3.63) is 18.0 Å². The van der Waals surface area contributed by atoms with Crippen LogP contribution in [0.4, 0.5) is 0 Å². The van der Waals surface area contributed by atoms with Gasteiger partial charge in [0.1, 0.15) is 5.69 Å². The number of hydrogen-bond donors (Lipinski definition) is 0. The number of carbonyl (C=O) groups is 1. The highest BCUT2D eigenvalue weighted by molar-refractivity contribution is 5.92. The fourth-order valence-electron chi connectivity index (χ4n) is 4.05. The molecular weight excluding hydrogens is 306 g/mol. The first-order valence-electron chi connectivity index (χ1n) is 9.11. The van der Waals surface area contributed by atoms with Crippen molar-refractivity contribution < 1.29 is 14.3 Å². The van der Waals surface area contributed by atoms with Gasteiger partial charge in [-0.1, -0.05) is 0 Å². The Morgan fingerprint density at radius 3 is 2.96 bits per heavy atom. The monoisotopic (exact) mass is 335 g/mol. The minimum absolute atomic E-state index is 0.0293. The van der Waals surface area contributed by atoms with Crippen molar-refractivity contribution in [2.75, 3.05) is 33.4 Å². The van der Waals surface area contributed by atoms with Crippen LogP contribution < -0.4 is 0 Å². The van der Waals surface area contributed by atoms with E-state index in [4.69, 9.17) is 9.47 Å². The van der Waals surface area contributed by atoms with Gasteiger partial charge in [0, 0.05) is 46.2 Å². The molecule has 0 saturated carbocycles. The molecule has 6 heteroatoms. The molecule has 6 nitrogen and oxygen atoms in total. The van der Waals surface area contributed by atoms with E-state index in [1.807, 2.05) is 17.9 Å². The fraction of sp³-hybridized carbons (Fsp3) is 0.778. The zero-order valence-corrected chi connectivity index (χ0v) is 14.9. The first-order valence-corrected chi connectivity index (χ1v) is 9.11. The van der Waals surface area contributed by atoms with Crippen LogP contribution in [0.1, 0.15) is 49.5 Å². The summed E-state index contributed by atoms with van der Waals surface area (Å²) in [5, 5.41) is 4.21. The summed E-state index contributed by atoms with van der Waals surface area (Å²) in [5.74, 6) is 0.776. The number of aromatic nitrogens is 2. The molecule has 24 heavy (non-hydrogen) atoms. The average Bonchev–Trinajstić information content (AvgIpc) is 3.09. The Labute approximate surface area is 144 Å². The van der Waals surface area contributed by atoms with E-state index >= 15 is 0 Å². The smallest absolute Gasteiger partial charge is 0.272 e. The van der Waals surface area contributed by atoms with E-state index < -0.39 is 0 Å². The Bertz CT molecular complexity index is 549. The third kappa shape index (κ3) is 3.64. The number of methoxy groups -OCH3 is 1. The molecule has 0 aromatic carbocycles. The highest BCUT2D eigenvalue weighted by Crippen LogP contribution is 2.39. The summed E-state index contributed by atoms with van der Waals surface area (Å²) in [7, 11) is 1.76. The molecule has 134 valence electrons. The second-order valence-electron chi connectivity index (χ2n) is 7.00. The number of nitrogens with zero attached hydrogens (tertiary/aromatic N) is 3. The van der Waals surface area contributed by atoms with Crippen LogP contribution in [0.2, 0.25) is 0 Å². The van der Waals surface area contributed by atoms with Crippen molar-refractivity contribution in [2.24, 2.45) is 5.92 Å². The van der Waals surface area contributed by atoms with E-state index in [0.29, 0.717) is 11.6 Å². The molecule has 1 atom stereocenters. The predicted molar refractivity (Wildman–Crippen MR) is 90.9 cm³/mol. The van der Waals surface area contributed by atoms with E-state index in [0.717, 1.165) is 65.0 Å². The Kier molecular flexibility index (Phi) is 5.56. The van der Waals surface area contributed by atoms with E-state index in [1.165, 1.54) is 0 Å². The van der Waals surface area contributed by atoms with Gasteiger partial charge >= 0.3 is 0 Å². The average molecular weight is 335 g/mol. The second kappa shape index (κ2) is 7.66. The van der Waals surface area contributed by atoms with Gasteiger partial charge in [-0.15, -0.1) is 0 Å². The Hall–Kier alpha value is -1.40. The van der Waals surface area contributed by atoms with Gasteiger partial charge in [-0.25, -0.2) is 0 Å². The first-order chi connectivity index (χ1) is 11.7. The summed E-state index contributed by atoms with van der Waals surface area (Å²) < 4.78 is 13.2. The number of piperidine rings is 1. The summed E-state index contributed by atoms with van der Waals surface area (Å²) >= 11 is 0. The van der Waals surface area contributed by atoms with Crippen LogP contribution in [0.3, 0.4) is 0 Å². The zero-order chi connectivity index (χ0) is 17.0. The predicted octanol–water partition coefficient (Wildman–Crippen LogP) is 2.34. The largest absolute Gasteiger partial charge is 0.385 e. The second-order valence-corrected chi connectivity index (χ2v) is 7.00. The fourth-order valence-corrected chi connectivity index (χ4v) is 4.05. The normalized spacial score (nSPS) is 23.6. The minimum atomic E-state index is -0.0293. The number of carbonyl (C=O) groups excluding carboxylic acids is 1. The van der Waals surface area contributed by atoms with E-state index in [1.54, 1.807) is 18.0 Å². The van der Waals surface area contributed by atoms with Gasteiger partial charge in [-0.3, -0.25) is 9.48 Å². The van der Waals surface area contributed by atoms with Crippen molar-refractivity contribution in [3.8, 4) is 0 Å². The summed E-state index contributed by atoms with van der Waals surface area (Å²) in [5.41, 5.74) is 0.661. The highest BCUT2D eigenvalue weighted by Gasteiger charge is 2.41. The zero-order valence-electron chi connectivity index (χ0n) is 14.9. The van der Waals surface area contributed by atoms with Crippen LogP contribution in [0.15, 0.2) is 12.3 Å². The number of aryl methyl sites for hydroxylation is 1. The molecule has 1 unspecified atom stereocenters. The maximum atomic E-state index is 12.7. The van der Waals surface area contributed by atoms with Crippen LogP contribution >= 0.6 is 0 Å². The standard InChI is InChI=1S/C18H29N3O3/c1-3-21-16(4-9-19-21)17(22)20-10-7-18(8-11-20)14-15(5-12-23-2)6-13-24-18/h4,9,15H,3,5-8,10-14H2,1-2H3. The lowest BCUT2D eigenvalue weighted by atomic mass is 9.78. The minimum Gasteiger partial charge on any atom is -0.385 e. The summed E-state index contributed by atoms with van der Waals surface area (Å²) in [6.45, 7) is 5.92. The van der Waals surface area contributed by atoms with Crippen LogP contribution in [0.5, 0.6) is 0 Å². The number of likely N-dealkylation sites (tertiary alicyclic amines) is 1. The van der Waals surface area contributed by atoms with Crippen molar-refractivity contribution in [2.45, 2.75) is 51.2 Å². The van der Waals surface area contributed by atoms with Gasteiger partial charge in [0.15, 0.2) is 0 Å². The molecule has 2 saturated heterocycles. The maximum absolute atomic E-state index is 12.7. The lowest BCUT2D eigenvalue weighted by Gasteiger charge is -2.46. The van der Waals surface area contributed by atoms with Gasteiger partial charge in [-0.2, -0.15) is 5.10 Å². The molecule has 3 rings (SSSR count). The number of amides is 1. The molecule has 2 fully saturated rings. The molecule has 3 heterocycles. The van der Waals surface area contributed by atoms with E-state index in [9.17, 15) is 4.79 Å². The Morgan fingerprint density at radius 1 is 1.46 bits per heavy atom. The molecule has 2 aliphatic rings. The van der Waals surface area contributed by atoms with Crippen molar-refractivity contribution in [3.63, 3.8) is 0 Å². The summed E-state index contributed by atoms with van der Waals surface area (Å²) in [4.78, 5) is 14.7. The molecule has 0 N–H and O–H groups in total. The molecular formula is C18H29N3O3. The molecule has 2 aliphatic heterocycles. The number of rotatable bonds is 5. The van der Waals surface area contributed by atoms with Gasteiger partial charge in [-0.05, 0) is 51.0 Å². The molecule has 0 radical (unpaired) electrons. The van der Waals surface area contributed by atoms with Gasteiger partial charge < -0.3 is 14.4 Å². The number of hydrogen-bond acceptors (Lipinski definition) is 4. The quantitative estimate of drug-likeness (QED) is 0.829. The van der Waals surface area contributed by atoms with Crippen LogP contribution in [-0.4, -0.2) is 59.6 Å². The maximum Gasteiger partial charge on any atom is 0.272 e. The summed E-state index contributed by atoms with van der Waals surface area (Å²) in [6, 6.07) is 1.81. The molecule has 1 aromatic heterocycles. The highest BCUT2D eigenvalue weighted by atomic mass is 16.5. The van der Waals surface area contributed by atoms with E-state index in [2.05, 4.69) is 5.10 Å². The van der Waals surface area contributed by atoms with Crippen molar-refractivity contribution in [1.82, 2.24) is 14.7 Å². The Morgan fingerprint density at radius 2 is 2.25 bits per heavy atom. The van der Waals surface area contributed by atoms with Crippen LogP contribution in [-0.2, 0) is 16.0 Å². The van der Waals surface area contributed by atoms with Crippen LogP contribution in [0, 0.1) is 5.92 Å². The van der Waals surface area contributed by atoms with Gasteiger partial charge in [0.05, 0.1) is 5.60 Å². The lowest BCUT2D eigenvalue weighted by Crippen LogP contribution is -2.51. The van der Waals surface area contributed by atoms with Gasteiger partial charge in [0.25, 0.3) is 5.91 Å².